The van der Waals surface area contributed by atoms with E-state index < -0.39 is 0 Å². The van der Waals surface area contributed by atoms with Crippen molar-refractivity contribution < 1.29 is 4.79 Å². The lowest BCUT2D eigenvalue weighted by Crippen LogP contribution is -2.22. The Morgan fingerprint density at radius 1 is 1.19 bits per heavy atom. The highest BCUT2D eigenvalue weighted by atomic mass is 35.5. The Bertz CT molecular complexity index is 920. The third kappa shape index (κ3) is 5.05. The molecule has 3 rings (SSSR count). The van der Waals surface area contributed by atoms with Crippen molar-refractivity contribution in [2.24, 2.45) is 0 Å². The van der Waals surface area contributed by atoms with E-state index in [0.29, 0.717) is 39.0 Å². The molecule has 27 heavy (non-hydrogen) atoms. The fourth-order valence-corrected chi connectivity index (χ4v) is 3.50. The smallest absolute Gasteiger partial charge is 0.263 e. The van der Waals surface area contributed by atoms with Gasteiger partial charge in [-0.05, 0) is 36.1 Å². The Balaban J connectivity index is 1.62. The minimum absolute atomic E-state index is 0.130. The summed E-state index contributed by atoms with van der Waals surface area (Å²) in [5, 5.41) is 7.24. The number of nitrogens with one attached hydrogen (secondary N) is 2. The lowest BCUT2D eigenvalue weighted by Gasteiger charge is -2.08. The van der Waals surface area contributed by atoms with Crippen molar-refractivity contribution in [1.82, 2.24) is 15.3 Å². The highest BCUT2D eigenvalue weighted by Gasteiger charge is 2.15. The van der Waals surface area contributed by atoms with Crippen molar-refractivity contribution in [2.75, 3.05) is 5.32 Å². The first kappa shape index (κ1) is 19.3. The average molecular weight is 401 g/mol. The van der Waals surface area contributed by atoms with Crippen LogP contribution in [-0.2, 0) is 6.54 Å². The summed E-state index contributed by atoms with van der Waals surface area (Å²) in [6.07, 6.45) is 1.56. The van der Waals surface area contributed by atoms with Crippen molar-refractivity contribution >= 4 is 39.8 Å². The summed E-state index contributed by atoms with van der Waals surface area (Å²) >= 11 is 7.14. The van der Waals surface area contributed by atoms with E-state index in [4.69, 9.17) is 11.6 Å². The van der Waals surface area contributed by atoms with Crippen LogP contribution in [0.3, 0.4) is 0 Å². The summed E-state index contributed by atoms with van der Waals surface area (Å²) in [4.78, 5) is 21.7. The number of benzene rings is 1. The minimum Gasteiger partial charge on any atom is -0.347 e. The lowest BCUT2D eigenvalue weighted by molar-refractivity contribution is 0.0954. The second-order valence-electron chi connectivity index (χ2n) is 6.50. The molecule has 0 aliphatic heterocycles. The van der Waals surface area contributed by atoms with Gasteiger partial charge in [0.2, 0.25) is 0 Å². The summed E-state index contributed by atoms with van der Waals surface area (Å²) in [5.74, 6) is 0.995. The van der Waals surface area contributed by atoms with Gasteiger partial charge in [-0.3, -0.25) is 4.79 Å². The van der Waals surface area contributed by atoms with Crippen LogP contribution >= 0.6 is 22.9 Å². The standard InChI is InChI=1S/C20H21ClN4OS/c1-12(2)15-6-4-14(5-7-15)10-23-19(26)18-13(3)24-20(27-18)25-17-9-8-16(21)11-22-17/h4-9,11-12H,10H2,1-3H3,(H,23,26)(H,22,24,25). The summed E-state index contributed by atoms with van der Waals surface area (Å²) in [6, 6.07) is 11.8. The number of pyridine rings is 1. The molecule has 0 spiro atoms. The van der Waals surface area contributed by atoms with Crippen LogP contribution in [0.25, 0.3) is 0 Å². The van der Waals surface area contributed by atoms with E-state index in [1.54, 1.807) is 18.3 Å². The number of hydrogen-bond donors (Lipinski definition) is 2. The molecule has 1 aromatic carbocycles. The van der Waals surface area contributed by atoms with Crippen LogP contribution in [0.2, 0.25) is 5.02 Å². The van der Waals surface area contributed by atoms with Gasteiger partial charge in [0.05, 0.1) is 10.7 Å². The number of carbonyl (C=O) groups excluding carboxylic acids is 1. The Hall–Kier alpha value is -2.44. The van der Waals surface area contributed by atoms with Gasteiger partial charge in [-0.2, -0.15) is 0 Å². The zero-order chi connectivity index (χ0) is 19.4. The quantitative estimate of drug-likeness (QED) is 0.589. The number of amides is 1. The molecule has 140 valence electrons. The molecule has 0 unspecified atom stereocenters. The molecule has 2 N–H and O–H groups in total. The number of nitrogens with zero attached hydrogens (tertiary/aromatic N) is 2. The highest BCUT2D eigenvalue weighted by molar-refractivity contribution is 7.17. The van der Waals surface area contributed by atoms with Crippen LogP contribution in [0, 0.1) is 6.92 Å². The average Bonchev–Trinajstić information content (AvgIpc) is 3.02. The van der Waals surface area contributed by atoms with Crippen LogP contribution in [-0.4, -0.2) is 15.9 Å². The first-order valence-corrected chi connectivity index (χ1v) is 9.85. The zero-order valence-corrected chi connectivity index (χ0v) is 17.0. The van der Waals surface area contributed by atoms with Gasteiger partial charge in [0.1, 0.15) is 10.7 Å². The number of halogens is 1. The van der Waals surface area contributed by atoms with Gasteiger partial charge in [0.15, 0.2) is 5.13 Å². The molecule has 0 saturated heterocycles. The molecule has 0 aliphatic rings. The van der Waals surface area contributed by atoms with Gasteiger partial charge in [-0.15, -0.1) is 0 Å². The molecule has 1 amide bonds. The van der Waals surface area contributed by atoms with E-state index in [1.165, 1.54) is 16.9 Å². The molecule has 0 fully saturated rings. The van der Waals surface area contributed by atoms with Crippen molar-refractivity contribution in [3.05, 3.63) is 69.3 Å². The summed E-state index contributed by atoms with van der Waals surface area (Å²) in [5.41, 5.74) is 3.04. The zero-order valence-electron chi connectivity index (χ0n) is 15.4. The van der Waals surface area contributed by atoms with Crippen molar-refractivity contribution in [1.29, 1.82) is 0 Å². The summed E-state index contributed by atoms with van der Waals surface area (Å²) in [7, 11) is 0. The number of aryl methyl sites for hydroxylation is 1. The minimum atomic E-state index is -0.130. The third-order valence-electron chi connectivity index (χ3n) is 4.06. The number of carbonyl (C=O) groups is 1. The first-order valence-electron chi connectivity index (χ1n) is 8.65. The van der Waals surface area contributed by atoms with E-state index in [-0.39, 0.29) is 5.91 Å². The number of thiazole rings is 1. The maximum absolute atomic E-state index is 12.5. The highest BCUT2D eigenvalue weighted by Crippen LogP contribution is 2.25. The van der Waals surface area contributed by atoms with Crippen molar-refractivity contribution in [3.63, 3.8) is 0 Å². The van der Waals surface area contributed by atoms with Gasteiger partial charge >= 0.3 is 0 Å². The lowest BCUT2D eigenvalue weighted by atomic mass is 10.0. The van der Waals surface area contributed by atoms with E-state index >= 15 is 0 Å². The predicted molar refractivity (Wildman–Crippen MR) is 111 cm³/mol. The van der Waals surface area contributed by atoms with Gasteiger partial charge in [0, 0.05) is 12.7 Å². The second-order valence-corrected chi connectivity index (χ2v) is 7.93. The Morgan fingerprint density at radius 2 is 1.93 bits per heavy atom. The molecule has 0 bridgehead atoms. The molecule has 0 atom stereocenters. The maximum atomic E-state index is 12.5. The predicted octanol–water partition coefficient (Wildman–Crippen LogP) is 5.30. The number of rotatable bonds is 6. The van der Waals surface area contributed by atoms with Crippen LogP contribution in [0.15, 0.2) is 42.6 Å². The summed E-state index contributed by atoms with van der Waals surface area (Å²) in [6.45, 7) is 6.63. The molecular weight excluding hydrogens is 380 g/mol. The van der Waals surface area contributed by atoms with E-state index in [2.05, 4.69) is 46.6 Å². The Labute approximate surface area is 167 Å². The fourth-order valence-electron chi connectivity index (χ4n) is 2.50. The topological polar surface area (TPSA) is 66.9 Å². The molecule has 2 heterocycles. The SMILES string of the molecule is Cc1nc(Nc2ccc(Cl)cn2)sc1C(=O)NCc1ccc(C(C)C)cc1. The second kappa shape index (κ2) is 8.50. The molecule has 7 heteroatoms. The number of aromatic nitrogens is 2. The van der Waals surface area contributed by atoms with E-state index in [9.17, 15) is 4.79 Å². The first-order chi connectivity index (χ1) is 12.9. The number of anilines is 2. The van der Waals surface area contributed by atoms with Crippen molar-refractivity contribution in [3.8, 4) is 0 Å². The molecule has 2 aromatic heterocycles. The number of hydrogen-bond acceptors (Lipinski definition) is 5. The molecule has 5 nitrogen and oxygen atoms in total. The molecule has 3 aromatic rings. The fraction of sp³-hybridized carbons (Fsp3) is 0.250. The van der Waals surface area contributed by atoms with Crippen LogP contribution in [0.5, 0.6) is 0 Å². The third-order valence-corrected chi connectivity index (χ3v) is 5.36. The normalized spacial score (nSPS) is 10.9. The van der Waals surface area contributed by atoms with Gasteiger partial charge < -0.3 is 10.6 Å². The maximum Gasteiger partial charge on any atom is 0.263 e. The van der Waals surface area contributed by atoms with E-state index in [0.717, 1.165) is 5.56 Å². The van der Waals surface area contributed by atoms with Gasteiger partial charge in [0.25, 0.3) is 5.91 Å². The summed E-state index contributed by atoms with van der Waals surface area (Å²) < 4.78 is 0. The van der Waals surface area contributed by atoms with Crippen LogP contribution in [0.1, 0.15) is 46.3 Å². The molecule has 0 radical (unpaired) electrons. The Morgan fingerprint density at radius 3 is 2.56 bits per heavy atom. The molecule has 0 saturated carbocycles. The largest absolute Gasteiger partial charge is 0.347 e. The van der Waals surface area contributed by atoms with Crippen LogP contribution in [0.4, 0.5) is 10.9 Å². The van der Waals surface area contributed by atoms with Crippen molar-refractivity contribution in [2.45, 2.75) is 33.2 Å². The monoisotopic (exact) mass is 400 g/mol. The molecular formula is C20H21ClN4OS. The van der Waals surface area contributed by atoms with E-state index in [1.807, 2.05) is 19.1 Å². The Kier molecular flexibility index (Phi) is 6.08. The van der Waals surface area contributed by atoms with Gasteiger partial charge in [-0.1, -0.05) is 61.1 Å². The van der Waals surface area contributed by atoms with Crippen LogP contribution < -0.4 is 10.6 Å². The van der Waals surface area contributed by atoms with Gasteiger partial charge in [-0.25, -0.2) is 9.97 Å². The molecule has 0 aliphatic carbocycles.